The number of nitrogens with one attached hydrogen (secondary N) is 2. The third-order valence-electron chi connectivity index (χ3n) is 3.93. The van der Waals surface area contributed by atoms with E-state index in [4.69, 9.17) is 0 Å². The normalized spacial score (nSPS) is 16.3. The molecule has 1 aliphatic rings. The van der Waals surface area contributed by atoms with Crippen molar-refractivity contribution in [2.75, 3.05) is 13.6 Å². The number of aryl methyl sites for hydroxylation is 1. The predicted molar refractivity (Wildman–Crippen MR) is 106 cm³/mol. The fraction of sp³-hybridized carbons (Fsp3) is 0.353. The highest BCUT2D eigenvalue weighted by Gasteiger charge is 2.25. The maximum Gasteiger partial charge on any atom is 0.191 e. The van der Waals surface area contributed by atoms with Crippen molar-refractivity contribution in [1.29, 1.82) is 0 Å². The summed E-state index contributed by atoms with van der Waals surface area (Å²) in [6.07, 6.45) is 1.17. The molecule has 0 amide bonds. The number of halogens is 1. The van der Waals surface area contributed by atoms with Gasteiger partial charge in [-0.15, -0.1) is 35.3 Å². The molecule has 2 N–H and O–H groups in total. The van der Waals surface area contributed by atoms with Gasteiger partial charge in [0.05, 0.1) is 6.54 Å². The average Bonchev–Trinajstić information content (AvgIpc) is 2.89. The SMILES string of the molecule is CN=C(NCc1ccc(C)s1)NCC1Cc2ccccc21.I. The lowest BCUT2D eigenvalue weighted by Crippen LogP contribution is -2.40. The minimum atomic E-state index is 0. The molecule has 0 saturated carbocycles. The first-order chi connectivity index (χ1) is 10.3. The lowest BCUT2D eigenvalue weighted by atomic mass is 9.78. The fourth-order valence-electron chi connectivity index (χ4n) is 2.74. The zero-order chi connectivity index (χ0) is 14.7. The second-order valence-electron chi connectivity index (χ2n) is 5.42. The molecule has 1 aromatic carbocycles. The Morgan fingerprint density at radius 3 is 2.73 bits per heavy atom. The van der Waals surface area contributed by atoms with Crippen molar-refractivity contribution in [2.45, 2.75) is 25.8 Å². The van der Waals surface area contributed by atoms with Crippen LogP contribution >= 0.6 is 35.3 Å². The summed E-state index contributed by atoms with van der Waals surface area (Å²) in [4.78, 5) is 6.98. The quantitative estimate of drug-likeness (QED) is 0.444. The molecule has 3 nitrogen and oxygen atoms in total. The van der Waals surface area contributed by atoms with Crippen LogP contribution in [0.25, 0.3) is 0 Å². The summed E-state index contributed by atoms with van der Waals surface area (Å²) in [6, 6.07) is 13.0. The summed E-state index contributed by atoms with van der Waals surface area (Å²) in [7, 11) is 1.82. The van der Waals surface area contributed by atoms with Gasteiger partial charge in [0.1, 0.15) is 0 Å². The van der Waals surface area contributed by atoms with Crippen LogP contribution in [0.4, 0.5) is 0 Å². The van der Waals surface area contributed by atoms with Crippen LogP contribution in [0.1, 0.15) is 26.8 Å². The molecule has 0 saturated heterocycles. The van der Waals surface area contributed by atoms with Crippen molar-refractivity contribution >= 4 is 41.3 Å². The van der Waals surface area contributed by atoms with Crippen molar-refractivity contribution in [1.82, 2.24) is 10.6 Å². The number of guanidine groups is 1. The summed E-state index contributed by atoms with van der Waals surface area (Å²) in [5.41, 5.74) is 2.97. The molecule has 2 aromatic rings. The Morgan fingerprint density at radius 1 is 1.23 bits per heavy atom. The van der Waals surface area contributed by atoms with Crippen molar-refractivity contribution in [2.24, 2.45) is 4.99 Å². The lowest BCUT2D eigenvalue weighted by molar-refractivity contribution is 0.584. The number of hydrogen-bond donors (Lipinski definition) is 2. The van der Waals surface area contributed by atoms with Crippen LogP contribution in [0.15, 0.2) is 41.4 Å². The highest BCUT2D eigenvalue weighted by Crippen LogP contribution is 2.33. The Hall–Kier alpha value is -1.08. The van der Waals surface area contributed by atoms with Gasteiger partial charge in [0.25, 0.3) is 0 Å². The van der Waals surface area contributed by atoms with E-state index in [-0.39, 0.29) is 24.0 Å². The van der Waals surface area contributed by atoms with Gasteiger partial charge in [-0.3, -0.25) is 4.99 Å². The standard InChI is InChI=1S/C17H21N3S.HI/c1-12-7-8-15(21-12)11-20-17(18-2)19-10-14-9-13-5-3-4-6-16(13)14;/h3-8,14H,9-11H2,1-2H3,(H2,18,19,20);1H. The Labute approximate surface area is 153 Å². The molecule has 1 heterocycles. The monoisotopic (exact) mass is 427 g/mol. The highest BCUT2D eigenvalue weighted by molar-refractivity contribution is 14.0. The highest BCUT2D eigenvalue weighted by atomic mass is 127. The van der Waals surface area contributed by atoms with Gasteiger partial charge in [-0.2, -0.15) is 0 Å². The van der Waals surface area contributed by atoms with Gasteiger partial charge in [0, 0.05) is 29.3 Å². The van der Waals surface area contributed by atoms with Gasteiger partial charge in [0.15, 0.2) is 5.96 Å². The van der Waals surface area contributed by atoms with Gasteiger partial charge in [-0.1, -0.05) is 24.3 Å². The molecule has 0 bridgehead atoms. The number of hydrogen-bond acceptors (Lipinski definition) is 2. The first-order valence-electron chi connectivity index (χ1n) is 7.34. The first kappa shape index (κ1) is 17.3. The summed E-state index contributed by atoms with van der Waals surface area (Å²) >= 11 is 1.83. The second kappa shape index (κ2) is 7.97. The van der Waals surface area contributed by atoms with Gasteiger partial charge in [-0.05, 0) is 36.6 Å². The van der Waals surface area contributed by atoms with Crippen LogP contribution in [-0.4, -0.2) is 19.6 Å². The first-order valence-corrected chi connectivity index (χ1v) is 8.15. The molecule has 0 radical (unpaired) electrons. The maximum atomic E-state index is 4.30. The summed E-state index contributed by atoms with van der Waals surface area (Å²) in [5.74, 6) is 1.49. The zero-order valence-electron chi connectivity index (χ0n) is 12.9. The summed E-state index contributed by atoms with van der Waals surface area (Å²) < 4.78 is 0. The van der Waals surface area contributed by atoms with Crippen LogP contribution < -0.4 is 10.6 Å². The van der Waals surface area contributed by atoms with Crippen molar-refractivity contribution < 1.29 is 0 Å². The van der Waals surface area contributed by atoms with Crippen LogP contribution in [0.2, 0.25) is 0 Å². The Morgan fingerprint density at radius 2 is 2.05 bits per heavy atom. The largest absolute Gasteiger partial charge is 0.356 e. The number of rotatable bonds is 4. The Kier molecular flexibility index (Phi) is 6.26. The minimum absolute atomic E-state index is 0. The molecule has 3 rings (SSSR count). The molecular weight excluding hydrogens is 405 g/mol. The van der Waals surface area contributed by atoms with E-state index >= 15 is 0 Å². The molecule has 0 spiro atoms. The van der Waals surface area contributed by atoms with Crippen molar-refractivity contribution in [3.8, 4) is 0 Å². The predicted octanol–water partition coefficient (Wildman–Crippen LogP) is 3.68. The van der Waals surface area contributed by atoms with E-state index in [1.54, 1.807) is 0 Å². The van der Waals surface area contributed by atoms with E-state index < -0.39 is 0 Å². The number of thiophene rings is 1. The number of aliphatic imine (C=N–C) groups is 1. The fourth-order valence-corrected chi connectivity index (χ4v) is 3.57. The third kappa shape index (κ3) is 4.01. The van der Waals surface area contributed by atoms with Gasteiger partial charge in [-0.25, -0.2) is 0 Å². The van der Waals surface area contributed by atoms with E-state index in [0.717, 1.165) is 19.0 Å². The molecular formula is C17H22IN3S. The third-order valence-corrected chi connectivity index (χ3v) is 4.93. The lowest BCUT2D eigenvalue weighted by Gasteiger charge is -2.30. The Bertz CT molecular complexity index is 651. The molecule has 1 aromatic heterocycles. The number of benzene rings is 1. The van der Waals surface area contributed by atoms with E-state index in [2.05, 4.69) is 58.9 Å². The number of nitrogens with zero attached hydrogens (tertiary/aromatic N) is 1. The molecule has 22 heavy (non-hydrogen) atoms. The van der Waals surface area contributed by atoms with Gasteiger partial charge in [0.2, 0.25) is 0 Å². The second-order valence-corrected chi connectivity index (χ2v) is 6.79. The molecule has 0 fully saturated rings. The van der Waals surface area contributed by atoms with Crippen molar-refractivity contribution in [3.05, 3.63) is 57.3 Å². The van der Waals surface area contributed by atoms with Gasteiger partial charge < -0.3 is 10.6 Å². The van der Waals surface area contributed by atoms with Gasteiger partial charge >= 0.3 is 0 Å². The van der Waals surface area contributed by atoms with Crippen LogP contribution in [0, 0.1) is 6.92 Å². The summed E-state index contributed by atoms with van der Waals surface area (Å²) in [5, 5.41) is 6.81. The molecule has 0 aliphatic heterocycles. The molecule has 1 unspecified atom stereocenters. The van der Waals surface area contributed by atoms with E-state index in [1.807, 2.05) is 18.4 Å². The smallest absolute Gasteiger partial charge is 0.191 e. The van der Waals surface area contributed by atoms with E-state index in [1.165, 1.54) is 27.3 Å². The topological polar surface area (TPSA) is 36.4 Å². The Balaban J connectivity index is 0.00000176. The van der Waals surface area contributed by atoms with Crippen LogP contribution in [0.5, 0.6) is 0 Å². The molecule has 5 heteroatoms. The molecule has 1 aliphatic carbocycles. The van der Waals surface area contributed by atoms with Crippen LogP contribution in [0.3, 0.4) is 0 Å². The van der Waals surface area contributed by atoms with E-state index in [9.17, 15) is 0 Å². The maximum absolute atomic E-state index is 4.30. The average molecular weight is 427 g/mol. The van der Waals surface area contributed by atoms with Crippen LogP contribution in [-0.2, 0) is 13.0 Å². The minimum Gasteiger partial charge on any atom is -0.356 e. The zero-order valence-corrected chi connectivity index (χ0v) is 16.1. The van der Waals surface area contributed by atoms with Crippen molar-refractivity contribution in [3.63, 3.8) is 0 Å². The van der Waals surface area contributed by atoms with E-state index in [0.29, 0.717) is 5.92 Å². The molecule has 1 atom stereocenters. The molecule has 118 valence electrons. The summed E-state index contributed by atoms with van der Waals surface area (Å²) in [6.45, 7) is 3.91. The number of fused-ring (bicyclic) bond motifs is 1.